The van der Waals surface area contributed by atoms with Crippen LogP contribution >= 0.6 is 0 Å². The molecule has 5 nitrogen and oxygen atoms in total. The van der Waals surface area contributed by atoms with E-state index in [1.165, 1.54) is 5.56 Å². The van der Waals surface area contributed by atoms with Crippen molar-refractivity contribution in [2.45, 2.75) is 19.6 Å². The van der Waals surface area contributed by atoms with Gasteiger partial charge in [-0.15, -0.1) is 0 Å². The van der Waals surface area contributed by atoms with Crippen LogP contribution in [-0.4, -0.2) is 21.4 Å². The van der Waals surface area contributed by atoms with Crippen molar-refractivity contribution in [3.63, 3.8) is 0 Å². The summed E-state index contributed by atoms with van der Waals surface area (Å²) in [6.45, 7) is 1.51. The second kappa shape index (κ2) is 5.65. The molecule has 0 spiro atoms. The third kappa shape index (κ3) is 3.44. The highest BCUT2D eigenvalue weighted by Crippen LogP contribution is 2.07. The van der Waals surface area contributed by atoms with E-state index < -0.39 is 0 Å². The van der Waals surface area contributed by atoms with E-state index in [1.54, 1.807) is 10.7 Å². The van der Waals surface area contributed by atoms with E-state index in [1.807, 2.05) is 25.5 Å². The summed E-state index contributed by atoms with van der Waals surface area (Å²) >= 11 is 0. The molecule has 0 aliphatic rings. The molecule has 2 rings (SSSR count). The molecular weight excluding hydrogens is 218 g/mol. The van der Waals surface area contributed by atoms with Gasteiger partial charge in [-0.2, -0.15) is 5.10 Å². The number of furan rings is 1. The summed E-state index contributed by atoms with van der Waals surface area (Å²) in [7, 11) is 1.91. The van der Waals surface area contributed by atoms with Crippen molar-refractivity contribution in [1.29, 1.82) is 0 Å². The topological polar surface area (TPSA) is 63.2 Å². The Hall–Kier alpha value is -1.59. The number of aliphatic hydroxyl groups is 1. The Morgan fingerprint density at radius 1 is 1.41 bits per heavy atom. The highest BCUT2D eigenvalue weighted by atomic mass is 16.4. The van der Waals surface area contributed by atoms with Crippen LogP contribution in [0, 0.1) is 0 Å². The largest absolute Gasteiger partial charge is 0.462 e. The fourth-order valence-electron chi connectivity index (χ4n) is 1.65. The zero-order chi connectivity index (χ0) is 12.1. The van der Waals surface area contributed by atoms with Gasteiger partial charge in [0.2, 0.25) is 0 Å². The molecule has 0 bridgehead atoms. The maximum atomic E-state index is 8.85. The molecule has 2 heterocycles. The van der Waals surface area contributed by atoms with Crippen molar-refractivity contribution >= 4 is 0 Å². The van der Waals surface area contributed by atoms with Crippen LogP contribution in [0.3, 0.4) is 0 Å². The summed E-state index contributed by atoms with van der Waals surface area (Å²) in [5.41, 5.74) is 1.22. The van der Waals surface area contributed by atoms with Gasteiger partial charge in [-0.1, -0.05) is 0 Å². The number of hydrogen-bond acceptors (Lipinski definition) is 4. The van der Waals surface area contributed by atoms with Gasteiger partial charge in [0.25, 0.3) is 0 Å². The Kier molecular flexibility index (Phi) is 3.95. The lowest BCUT2D eigenvalue weighted by atomic mass is 10.2. The Balaban J connectivity index is 1.69. The number of hydrogen-bond donors (Lipinski definition) is 2. The van der Waals surface area contributed by atoms with Crippen LogP contribution in [0.5, 0.6) is 0 Å². The van der Waals surface area contributed by atoms with Gasteiger partial charge in [0.15, 0.2) is 0 Å². The fourth-order valence-corrected chi connectivity index (χ4v) is 1.65. The molecule has 17 heavy (non-hydrogen) atoms. The van der Waals surface area contributed by atoms with Gasteiger partial charge >= 0.3 is 0 Å². The molecule has 0 unspecified atom stereocenters. The van der Waals surface area contributed by atoms with Gasteiger partial charge < -0.3 is 14.8 Å². The molecule has 0 atom stereocenters. The lowest BCUT2D eigenvalue weighted by Crippen LogP contribution is -2.16. The molecule has 0 saturated carbocycles. The van der Waals surface area contributed by atoms with Crippen LogP contribution in [0.2, 0.25) is 0 Å². The van der Waals surface area contributed by atoms with Gasteiger partial charge in [0.05, 0.1) is 12.7 Å². The van der Waals surface area contributed by atoms with Crippen LogP contribution in [0.15, 0.2) is 28.9 Å². The SMILES string of the molecule is Cn1cc(CCNCc2ccc(CO)o2)cn1. The molecular formula is C12H17N3O2. The summed E-state index contributed by atoms with van der Waals surface area (Å²) in [5, 5.41) is 16.2. The number of aliphatic hydroxyl groups excluding tert-OH is 1. The summed E-state index contributed by atoms with van der Waals surface area (Å²) in [4.78, 5) is 0. The van der Waals surface area contributed by atoms with E-state index in [9.17, 15) is 0 Å². The van der Waals surface area contributed by atoms with E-state index in [4.69, 9.17) is 9.52 Å². The molecule has 0 aliphatic carbocycles. The third-order valence-electron chi connectivity index (χ3n) is 2.52. The Morgan fingerprint density at radius 3 is 2.88 bits per heavy atom. The summed E-state index contributed by atoms with van der Waals surface area (Å²) < 4.78 is 7.16. The first kappa shape index (κ1) is 11.9. The van der Waals surface area contributed by atoms with E-state index in [0.29, 0.717) is 12.3 Å². The van der Waals surface area contributed by atoms with E-state index in [-0.39, 0.29) is 6.61 Å². The average Bonchev–Trinajstić information content (AvgIpc) is 2.93. The number of aromatic nitrogens is 2. The zero-order valence-corrected chi connectivity index (χ0v) is 9.89. The summed E-state index contributed by atoms with van der Waals surface area (Å²) in [5.74, 6) is 1.45. The first-order chi connectivity index (χ1) is 8.28. The molecule has 2 aromatic heterocycles. The zero-order valence-electron chi connectivity index (χ0n) is 9.89. The monoisotopic (exact) mass is 235 g/mol. The molecule has 0 radical (unpaired) electrons. The van der Waals surface area contributed by atoms with Crippen molar-refractivity contribution < 1.29 is 9.52 Å². The summed E-state index contributed by atoms with van der Waals surface area (Å²) in [6.07, 6.45) is 4.83. The predicted octanol–water partition coefficient (Wildman–Crippen LogP) is 0.838. The molecule has 0 fully saturated rings. The first-order valence-electron chi connectivity index (χ1n) is 5.64. The van der Waals surface area contributed by atoms with Crippen molar-refractivity contribution in [2.75, 3.05) is 6.54 Å². The fraction of sp³-hybridized carbons (Fsp3) is 0.417. The highest BCUT2D eigenvalue weighted by molar-refractivity contribution is 5.06. The molecule has 0 aliphatic heterocycles. The molecule has 5 heteroatoms. The predicted molar refractivity (Wildman–Crippen MR) is 63.2 cm³/mol. The molecule has 0 saturated heterocycles. The number of nitrogens with zero attached hydrogens (tertiary/aromatic N) is 2. The van der Waals surface area contributed by atoms with Crippen LogP contribution in [0.1, 0.15) is 17.1 Å². The normalized spacial score (nSPS) is 10.9. The molecule has 2 aromatic rings. The lowest BCUT2D eigenvalue weighted by Gasteiger charge is -2.00. The minimum atomic E-state index is -0.0459. The van der Waals surface area contributed by atoms with Crippen LogP contribution in [0.4, 0.5) is 0 Å². The number of rotatable bonds is 6. The molecule has 2 N–H and O–H groups in total. The van der Waals surface area contributed by atoms with Gasteiger partial charge in [-0.3, -0.25) is 4.68 Å². The van der Waals surface area contributed by atoms with E-state index >= 15 is 0 Å². The van der Waals surface area contributed by atoms with Gasteiger partial charge in [0.1, 0.15) is 18.1 Å². The van der Waals surface area contributed by atoms with Crippen molar-refractivity contribution in [3.8, 4) is 0 Å². The van der Waals surface area contributed by atoms with Crippen molar-refractivity contribution in [2.24, 2.45) is 7.05 Å². The first-order valence-corrected chi connectivity index (χ1v) is 5.64. The lowest BCUT2D eigenvalue weighted by molar-refractivity contribution is 0.243. The molecule has 0 amide bonds. The highest BCUT2D eigenvalue weighted by Gasteiger charge is 2.00. The van der Waals surface area contributed by atoms with Crippen LogP contribution < -0.4 is 5.32 Å². The number of aryl methyl sites for hydroxylation is 1. The Morgan fingerprint density at radius 2 is 2.24 bits per heavy atom. The quantitative estimate of drug-likeness (QED) is 0.728. The van der Waals surface area contributed by atoms with Crippen molar-refractivity contribution in [3.05, 3.63) is 41.6 Å². The van der Waals surface area contributed by atoms with Crippen molar-refractivity contribution in [1.82, 2.24) is 15.1 Å². The van der Waals surface area contributed by atoms with E-state index in [0.717, 1.165) is 18.7 Å². The van der Waals surface area contributed by atoms with Crippen LogP contribution in [0.25, 0.3) is 0 Å². The van der Waals surface area contributed by atoms with Gasteiger partial charge in [-0.05, 0) is 30.7 Å². The maximum Gasteiger partial charge on any atom is 0.129 e. The minimum Gasteiger partial charge on any atom is -0.462 e. The Bertz CT molecular complexity index is 462. The second-order valence-electron chi connectivity index (χ2n) is 3.98. The second-order valence-corrected chi connectivity index (χ2v) is 3.98. The average molecular weight is 235 g/mol. The minimum absolute atomic E-state index is 0.0459. The third-order valence-corrected chi connectivity index (χ3v) is 2.52. The van der Waals surface area contributed by atoms with Crippen LogP contribution in [-0.2, 0) is 26.6 Å². The van der Waals surface area contributed by atoms with E-state index in [2.05, 4.69) is 10.4 Å². The molecule has 92 valence electrons. The number of nitrogens with one attached hydrogen (secondary N) is 1. The Labute approximate surface area is 100 Å². The smallest absolute Gasteiger partial charge is 0.129 e. The standard InChI is InChI=1S/C12H17N3O2/c1-15-8-10(6-14-15)4-5-13-7-11-2-3-12(9-16)17-11/h2-3,6,8,13,16H,4-5,7,9H2,1H3. The maximum absolute atomic E-state index is 8.85. The molecule has 0 aromatic carbocycles. The van der Waals surface area contributed by atoms with Gasteiger partial charge in [0, 0.05) is 13.2 Å². The van der Waals surface area contributed by atoms with Gasteiger partial charge in [-0.25, -0.2) is 0 Å². The summed E-state index contributed by atoms with van der Waals surface area (Å²) in [6, 6.07) is 3.67.